The van der Waals surface area contributed by atoms with Crippen LogP contribution in [0.15, 0.2) is 53.7 Å². The van der Waals surface area contributed by atoms with E-state index in [0.29, 0.717) is 46.3 Å². The predicted molar refractivity (Wildman–Crippen MR) is 119 cm³/mol. The summed E-state index contributed by atoms with van der Waals surface area (Å²) in [6.07, 6.45) is -0.735. The lowest BCUT2D eigenvalue weighted by molar-refractivity contribution is -0.130. The van der Waals surface area contributed by atoms with Gasteiger partial charge < -0.3 is 19.4 Å². The summed E-state index contributed by atoms with van der Waals surface area (Å²) in [7, 11) is 0. The maximum atomic E-state index is 14.0. The van der Waals surface area contributed by atoms with Crippen LogP contribution in [0.2, 0.25) is 0 Å². The number of fused-ring (bicyclic) bond motifs is 1. The fourth-order valence-electron chi connectivity index (χ4n) is 3.29. The zero-order chi connectivity index (χ0) is 22.5. The number of aromatic nitrogens is 3. The van der Waals surface area contributed by atoms with E-state index in [4.69, 9.17) is 9.47 Å². The standard InChI is InChI=1S/C23H25FN4O3S/c1-15(2)12-28-21(26-27-23(28)32-14-16-7-3-4-8-17(16)24)11-25-22(29)20-13-30-18-9-5-6-10-19(18)31-20/h3-10,15,20H,11-14H2,1-2H3,(H,25,29)/t20-/m1/s1. The van der Waals surface area contributed by atoms with Crippen molar-refractivity contribution < 1.29 is 18.7 Å². The monoisotopic (exact) mass is 456 g/mol. The van der Waals surface area contributed by atoms with Gasteiger partial charge in [-0.05, 0) is 29.7 Å². The van der Waals surface area contributed by atoms with Crippen molar-refractivity contribution in [2.24, 2.45) is 5.92 Å². The molecule has 1 N–H and O–H groups in total. The van der Waals surface area contributed by atoms with Crippen molar-refractivity contribution in [3.63, 3.8) is 0 Å². The van der Waals surface area contributed by atoms with Gasteiger partial charge in [-0.2, -0.15) is 0 Å². The van der Waals surface area contributed by atoms with Crippen LogP contribution < -0.4 is 14.8 Å². The molecule has 0 aliphatic carbocycles. The Morgan fingerprint density at radius 1 is 1.19 bits per heavy atom. The molecule has 0 saturated heterocycles. The molecule has 1 atom stereocenters. The van der Waals surface area contributed by atoms with Gasteiger partial charge in [0, 0.05) is 12.3 Å². The topological polar surface area (TPSA) is 78.3 Å². The van der Waals surface area contributed by atoms with Gasteiger partial charge in [0.2, 0.25) is 6.10 Å². The highest BCUT2D eigenvalue weighted by molar-refractivity contribution is 7.98. The van der Waals surface area contributed by atoms with E-state index in [-0.39, 0.29) is 24.9 Å². The molecule has 1 aliphatic rings. The maximum absolute atomic E-state index is 14.0. The van der Waals surface area contributed by atoms with E-state index < -0.39 is 6.10 Å². The highest BCUT2D eigenvalue weighted by Gasteiger charge is 2.27. The number of carbonyl (C=O) groups is 1. The summed E-state index contributed by atoms with van der Waals surface area (Å²) in [6.45, 7) is 5.23. The highest BCUT2D eigenvalue weighted by atomic mass is 32.2. The molecule has 2 aromatic carbocycles. The first-order valence-corrected chi connectivity index (χ1v) is 11.4. The van der Waals surface area contributed by atoms with Crippen molar-refractivity contribution in [2.75, 3.05) is 6.61 Å². The molecular weight excluding hydrogens is 431 g/mol. The van der Waals surface area contributed by atoms with E-state index in [0.717, 1.165) is 0 Å². The highest BCUT2D eigenvalue weighted by Crippen LogP contribution is 2.31. The number of ether oxygens (including phenoxy) is 2. The Morgan fingerprint density at radius 2 is 1.94 bits per heavy atom. The second-order valence-corrected chi connectivity index (χ2v) is 8.81. The van der Waals surface area contributed by atoms with Crippen LogP contribution >= 0.6 is 11.8 Å². The smallest absolute Gasteiger partial charge is 0.265 e. The van der Waals surface area contributed by atoms with Crippen LogP contribution in [-0.4, -0.2) is 33.4 Å². The van der Waals surface area contributed by atoms with Crippen molar-refractivity contribution in [3.05, 3.63) is 65.7 Å². The lowest BCUT2D eigenvalue weighted by atomic mass is 10.2. The second kappa shape index (κ2) is 10.0. The molecule has 0 saturated carbocycles. The van der Waals surface area contributed by atoms with Crippen LogP contribution in [0.4, 0.5) is 4.39 Å². The van der Waals surface area contributed by atoms with Crippen LogP contribution in [0.3, 0.4) is 0 Å². The second-order valence-electron chi connectivity index (χ2n) is 7.87. The number of hydrogen-bond acceptors (Lipinski definition) is 6. The zero-order valence-corrected chi connectivity index (χ0v) is 18.8. The van der Waals surface area contributed by atoms with Gasteiger partial charge >= 0.3 is 0 Å². The molecule has 1 aromatic heterocycles. The predicted octanol–water partition coefficient (Wildman–Crippen LogP) is 3.82. The van der Waals surface area contributed by atoms with Gasteiger partial charge in [0.25, 0.3) is 5.91 Å². The van der Waals surface area contributed by atoms with Crippen molar-refractivity contribution >= 4 is 17.7 Å². The average molecular weight is 457 g/mol. The molecule has 7 nitrogen and oxygen atoms in total. The summed E-state index contributed by atoms with van der Waals surface area (Å²) >= 11 is 1.42. The number of nitrogens with one attached hydrogen (secondary N) is 1. The first-order chi connectivity index (χ1) is 15.5. The lowest BCUT2D eigenvalue weighted by Gasteiger charge is -2.25. The number of nitrogens with zero attached hydrogens (tertiary/aromatic N) is 3. The summed E-state index contributed by atoms with van der Waals surface area (Å²) in [5, 5.41) is 12.1. The fraction of sp³-hybridized carbons (Fsp3) is 0.348. The summed E-state index contributed by atoms with van der Waals surface area (Å²) in [6, 6.07) is 14.0. The van der Waals surface area contributed by atoms with E-state index in [9.17, 15) is 9.18 Å². The molecule has 2 heterocycles. The van der Waals surface area contributed by atoms with Gasteiger partial charge in [-0.1, -0.05) is 55.9 Å². The van der Waals surface area contributed by atoms with Gasteiger partial charge in [-0.3, -0.25) is 4.79 Å². The zero-order valence-electron chi connectivity index (χ0n) is 18.0. The van der Waals surface area contributed by atoms with Gasteiger partial charge in [0.05, 0.1) is 6.54 Å². The largest absolute Gasteiger partial charge is 0.485 e. The van der Waals surface area contributed by atoms with Crippen molar-refractivity contribution in [1.82, 2.24) is 20.1 Å². The molecular formula is C23H25FN4O3S. The third-order valence-corrected chi connectivity index (χ3v) is 5.89. The molecule has 0 bridgehead atoms. The van der Waals surface area contributed by atoms with Gasteiger partial charge in [-0.15, -0.1) is 10.2 Å². The first-order valence-electron chi connectivity index (χ1n) is 10.5. The average Bonchev–Trinajstić information content (AvgIpc) is 3.17. The Morgan fingerprint density at radius 3 is 2.72 bits per heavy atom. The van der Waals surface area contributed by atoms with E-state index >= 15 is 0 Å². The first kappa shape index (κ1) is 22.1. The third-order valence-electron chi connectivity index (χ3n) is 4.88. The molecule has 0 unspecified atom stereocenters. The number of carbonyl (C=O) groups excluding carboxylic acids is 1. The Labute approximate surface area is 190 Å². The molecule has 1 amide bonds. The molecule has 0 radical (unpaired) electrons. The quantitative estimate of drug-likeness (QED) is 0.519. The van der Waals surface area contributed by atoms with Crippen molar-refractivity contribution in [1.29, 1.82) is 0 Å². The van der Waals surface area contributed by atoms with E-state index in [1.165, 1.54) is 17.8 Å². The maximum Gasteiger partial charge on any atom is 0.265 e. The SMILES string of the molecule is CC(C)Cn1c(CNC(=O)[C@H]2COc3ccccc3O2)nnc1SCc1ccccc1F. The summed E-state index contributed by atoms with van der Waals surface area (Å²) < 4.78 is 27.3. The molecule has 32 heavy (non-hydrogen) atoms. The Bertz CT molecular complexity index is 1090. The summed E-state index contributed by atoms with van der Waals surface area (Å²) in [5.74, 6) is 2.10. The number of halogens is 1. The summed E-state index contributed by atoms with van der Waals surface area (Å²) in [4.78, 5) is 12.6. The Hall–Kier alpha value is -3.07. The number of para-hydroxylation sites is 2. The Balaban J connectivity index is 1.40. The Kier molecular flexibility index (Phi) is 6.94. The van der Waals surface area contributed by atoms with Crippen molar-refractivity contribution in [2.45, 2.75) is 44.0 Å². The van der Waals surface area contributed by atoms with Crippen LogP contribution in [0.25, 0.3) is 0 Å². The minimum absolute atomic E-state index is 0.144. The molecule has 0 fully saturated rings. The number of amides is 1. The van der Waals surface area contributed by atoms with Crippen LogP contribution in [0, 0.1) is 11.7 Å². The molecule has 4 rings (SSSR count). The summed E-state index contributed by atoms with van der Waals surface area (Å²) in [5.41, 5.74) is 0.612. The normalized spacial score (nSPS) is 15.1. The van der Waals surface area contributed by atoms with Gasteiger partial charge in [-0.25, -0.2) is 4.39 Å². The lowest BCUT2D eigenvalue weighted by Crippen LogP contribution is -2.44. The molecule has 1 aliphatic heterocycles. The van der Waals surface area contributed by atoms with E-state index in [2.05, 4.69) is 29.4 Å². The minimum atomic E-state index is -0.735. The number of hydrogen-bond donors (Lipinski definition) is 1. The van der Waals surface area contributed by atoms with Crippen LogP contribution in [-0.2, 0) is 23.6 Å². The van der Waals surface area contributed by atoms with E-state index in [1.54, 1.807) is 24.3 Å². The van der Waals surface area contributed by atoms with Crippen LogP contribution in [0.5, 0.6) is 11.5 Å². The molecule has 0 spiro atoms. The number of benzene rings is 2. The number of thioether (sulfide) groups is 1. The molecule has 3 aromatic rings. The minimum Gasteiger partial charge on any atom is -0.485 e. The van der Waals surface area contributed by atoms with Crippen molar-refractivity contribution in [3.8, 4) is 11.5 Å². The van der Waals surface area contributed by atoms with Gasteiger partial charge in [0.1, 0.15) is 12.4 Å². The molecule has 9 heteroatoms. The third kappa shape index (κ3) is 5.21. The fourth-order valence-corrected chi connectivity index (χ4v) is 4.24. The number of rotatable bonds is 8. The van der Waals surface area contributed by atoms with E-state index in [1.807, 2.05) is 22.8 Å². The van der Waals surface area contributed by atoms with Crippen LogP contribution in [0.1, 0.15) is 25.2 Å². The molecule has 168 valence electrons. The van der Waals surface area contributed by atoms with Gasteiger partial charge in [0.15, 0.2) is 22.5 Å².